The Bertz CT molecular complexity index is 714. The molecule has 0 atom stereocenters. The molecule has 2 heterocycles. The molecular formula is C15H12N2O. The van der Waals surface area contributed by atoms with Crippen molar-refractivity contribution in [3.8, 4) is 11.1 Å². The number of nitrogens with zero attached hydrogens (tertiary/aromatic N) is 2. The third-order valence-electron chi connectivity index (χ3n) is 2.85. The molecule has 0 aliphatic carbocycles. The Balaban J connectivity index is 2.14. The van der Waals surface area contributed by atoms with Crippen molar-refractivity contribution in [3.05, 3.63) is 67.1 Å². The van der Waals surface area contributed by atoms with Gasteiger partial charge in [-0.3, -0.25) is 0 Å². The fourth-order valence-corrected chi connectivity index (χ4v) is 1.93. The van der Waals surface area contributed by atoms with Gasteiger partial charge in [0.2, 0.25) is 0 Å². The van der Waals surface area contributed by atoms with Gasteiger partial charge < -0.3 is 9.51 Å². The van der Waals surface area contributed by atoms with Crippen LogP contribution in [0.4, 0.5) is 0 Å². The van der Waals surface area contributed by atoms with Gasteiger partial charge >= 0.3 is 0 Å². The Labute approximate surface area is 105 Å². The van der Waals surface area contributed by atoms with Crippen molar-refractivity contribution in [1.82, 2.24) is 9.38 Å². The fraction of sp³-hybridized carbons (Fsp3) is 0. The van der Waals surface area contributed by atoms with Gasteiger partial charge in [0.25, 0.3) is 0 Å². The highest BCUT2D eigenvalue weighted by Gasteiger charge is 2.05. The maximum Gasteiger partial charge on any atom is 0.137 e. The summed E-state index contributed by atoms with van der Waals surface area (Å²) in [6, 6.07) is 14.1. The molecule has 1 aromatic carbocycles. The molecule has 2 aromatic heterocycles. The summed E-state index contributed by atoms with van der Waals surface area (Å²) in [5.74, 6) is -0.0139. The van der Waals surface area contributed by atoms with Crippen LogP contribution < -0.4 is 0 Å². The summed E-state index contributed by atoms with van der Waals surface area (Å²) in [6.07, 6.45) is 3.76. The van der Waals surface area contributed by atoms with Gasteiger partial charge in [-0.1, -0.05) is 36.9 Å². The van der Waals surface area contributed by atoms with Gasteiger partial charge in [-0.15, -0.1) is 0 Å². The molecule has 0 spiro atoms. The van der Waals surface area contributed by atoms with Crippen LogP contribution in [0.15, 0.2) is 61.4 Å². The van der Waals surface area contributed by atoms with Gasteiger partial charge in [0.1, 0.15) is 17.1 Å². The molecule has 0 saturated heterocycles. The number of aliphatic hydroxyl groups is 1. The van der Waals surface area contributed by atoms with Crippen molar-refractivity contribution in [3.63, 3.8) is 0 Å². The molecule has 0 bridgehead atoms. The van der Waals surface area contributed by atoms with Crippen LogP contribution in [0.3, 0.4) is 0 Å². The van der Waals surface area contributed by atoms with Crippen molar-refractivity contribution < 1.29 is 5.11 Å². The Morgan fingerprint density at radius 3 is 2.50 bits per heavy atom. The van der Waals surface area contributed by atoms with Crippen LogP contribution in [0.2, 0.25) is 0 Å². The topological polar surface area (TPSA) is 37.5 Å². The van der Waals surface area contributed by atoms with Crippen LogP contribution in [0.1, 0.15) is 5.69 Å². The molecule has 88 valence electrons. The Kier molecular flexibility index (Phi) is 2.38. The third kappa shape index (κ3) is 1.76. The van der Waals surface area contributed by atoms with E-state index in [1.54, 1.807) is 6.20 Å². The molecule has 0 fully saturated rings. The van der Waals surface area contributed by atoms with E-state index in [2.05, 4.69) is 23.7 Å². The number of hydrogen-bond donors (Lipinski definition) is 1. The standard InChI is InChI=1S/C15H12N2O/c1-11(18)14-10-17-9-13(7-8-15(17)16-14)12-5-3-2-4-6-12/h2-10,18H,1H2. The van der Waals surface area contributed by atoms with Gasteiger partial charge in [-0.25, -0.2) is 4.98 Å². The zero-order valence-electron chi connectivity index (χ0n) is 9.74. The second-order valence-corrected chi connectivity index (χ2v) is 4.12. The van der Waals surface area contributed by atoms with Gasteiger partial charge in [0, 0.05) is 12.4 Å². The predicted octanol–water partition coefficient (Wildman–Crippen LogP) is 3.53. The number of benzene rings is 1. The quantitative estimate of drug-likeness (QED) is 0.691. The first-order chi connectivity index (χ1) is 8.74. The molecule has 0 aliphatic heterocycles. The smallest absolute Gasteiger partial charge is 0.137 e. The summed E-state index contributed by atoms with van der Waals surface area (Å²) >= 11 is 0. The van der Waals surface area contributed by atoms with Gasteiger partial charge in [0.05, 0.1) is 0 Å². The lowest BCUT2D eigenvalue weighted by Crippen LogP contribution is -1.84. The van der Waals surface area contributed by atoms with Crippen LogP contribution in [-0.2, 0) is 0 Å². The fourth-order valence-electron chi connectivity index (χ4n) is 1.93. The zero-order chi connectivity index (χ0) is 12.5. The zero-order valence-corrected chi connectivity index (χ0v) is 9.74. The van der Waals surface area contributed by atoms with E-state index in [1.807, 2.05) is 40.9 Å². The second-order valence-electron chi connectivity index (χ2n) is 4.12. The highest BCUT2D eigenvalue weighted by atomic mass is 16.3. The normalized spacial score (nSPS) is 10.7. The Morgan fingerprint density at radius 2 is 1.78 bits per heavy atom. The number of rotatable bonds is 2. The molecule has 0 amide bonds. The van der Waals surface area contributed by atoms with E-state index in [1.165, 1.54) is 0 Å². The van der Waals surface area contributed by atoms with E-state index >= 15 is 0 Å². The molecule has 0 unspecified atom stereocenters. The molecule has 0 radical (unpaired) electrons. The summed E-state index contributed by atoms with van der Waals surface area (Å²) in [4.78, 5) is 4.26. The number of aliphatic hydroxyl groups excluding tert-OH is 1. The van der Waals surface area contributed by atoms with E-state index in [0.29, 0.717) is 5.69 Å². The lowest BCUT2D eigenvalue weighted by Gasteiger charge is -2.01. The molecular weight excluding hydrogens is 224 g/mol. The number of aromatic nitrogens is 2. The van der Waals surface area contributed by atoms with Crippen LogP contribution >= 0.6 is 0 Å². The van der Waals surface area contributed by atoms with Gasteiger partial charge in [-0.05, 0) is 23.3 Å². The van der Waals surface area contributed by atoms with Gasteiger partial charge in [0.15, 0.2) is 0 Å². The van der Waals surface area contributed by atoms with E-state index in [4.69, 9.17) is 0 Å². The average Bonchev–Trinajstić information content (AvgIpc) is 2.82. The Hall–Kier alpha value is -2.55. The van der Waals surface area contributed by atoms with Crippen molar-refractivity contribution in [2.45, 2.75) is 0 Å². The largest absolute Gasteiger partial charge is 0.506 e. The molecule has 0 saturated carbocycles. The molecule has 3 aromatic rings. The van der Waals surface area contributed by atoms with Crippen LogP contribution in [0.25, 0.3) is 22.5 Å². The van der Waals surface area contributed by atoms with Crippen LogP contribution in [-0.4, -0.2) is 14.5 Å². The Morgan fingerprint density at radius 1 is 1.00 bits per heavy atom. The van der Waals surface area contributed by atoms with Crippen molar-refractivity contribution in [2.75, 3.05) is 0 Å². The number of hydrogen-bond acceptors (Lipinski definition) is 2. The highest BCUT2D eigenvalue weighted by Crippen LogP contribution is 2.20. The van der Waals surface area contributed by atoms with Crippen LogP contribution in [0.5, 0.6) is 0 Å². The van der Waals surface area contributed by atoms with Crippen molar-refractivity contribution in [1.29, 1.82) is 0 Å². The summed E-state index contributed by atoms with van der Waals surface area (Å²) in [5.41, 5.74) is 3.55. The summed E-state index contributed by atoms with van der Waals surface area (Å²) in [5, 5.41) is 9.34. The van der Waals surface area contributed by atoms with E-state index in [9.17, 15) is 5.11 Å². The third-order valence-corrected chi connectivity index (χ3v) is 2.85. The van der Waals surface area contributed by atoms with Crippen LogP contribution in [0, 0.1) is 0 Å². The summed E-state index contributed by atoms with van der Waals surface area (Å²) in [7, 11) is 0. The minimum Gasteiger partial charge on any atom is -0.506 e. The van der Waals surface area contributed by atoms with E-state index in [0.717, 1.165) is 16.8 Å². The molecule has 1 N–H and O–H groups in total. The van der Waals surface area contributed by atoms with Crippen molar-refractivity contribution in [2.24, 2.45) is 0 Å². The maximum absolute atomic E-state index is 9.34. The summed E-state index contributed by atoms with van der Waals surface area (Å²) < 4.78 is 1.89. The minimum atomic E-state index is -0.0139. The minimum absolute atomic E-state index is 0.0139. The lowest BCUT2D eigenvalue weighted by molar-refractivity contribution is 0.511. The first kappa shape index (κ1) is 10.6. The number of imidazole rings is 1. The first-order valence-electron chi connectivity index (χ1n) is 5.66. The molecule has 3 heteroatoms. The van der Waals surface area contributed by atoms with E-state index < -0.39 is 0 Å². The maximum atomic E-state index is 9.34. The molecule has 0 aliphatic rings. The van der Waals surface area contributed by atoms with Crippen molar-refractivity contribution >= 4 is 11.4 Å². The SMILES string of the molecule is C=C(O)c1cn2cc(-c3ccccc3)ccc2n1. The van der Waals surface area contributed by atoms with E-state index in [-0.39, 0.29) is 5.76 Å². The summed E-state index contributed by atoms with van der Waals surface area (Å²) in [6.45, 7) is 3.48. The van der Waals surface area contributed by atoms with Gasteiger partial charge in [-0.2, -0.15) is 0 Å². The highest BCUT2D eigenvalue weighted by molar-refractivity contribution is 5.65. The lowest BCUT2D eigenvalue weighted by atomic mass is 10.1. The second kappa shape index (κ2) is 4.04. The number of fused-ring (bicyclic) bond motifs is 1. The average molecular weight is 236 g/mol. The predicted molar refractivity (Wildman–Crippen MR) is 72.3 cm³/mol. The number of pyridine rings is 1. The molecule has 18 heavy (non-hydrogen) atoms. The monoisotopic (exact) mass is 236 g/mol. The first-order valence-corrected chi connectivity index (χ1v) is 5.66. The molecule has 3 nitrogen and oxygen atoms in total. The molecule has 3 rings (SSSR count).